The summed E-state index contributed by atoms with van der Waals surface area (Å²) in [4.78, 5) is 10.2. The topological polar surface area (TPSA) is 73.8 Å². The standard InChI is InChI=1S/C10H10N4O2/c1-7-3-4-8(14(15)16)5-9(7)10-6-13(2)12-11-10/h3-6H,1-2H3. The van der Waals surface area contributed by atoms with Gasteiger partial charge in [0.1, 0.15) is 5.69 Å². The lowest BCUT2D eigenvalue weighted by atomic mass is 10.1. The van der Waals surface area contributed by atoms with Crippen molar-refractivity contribution in [2.24, 2.45) is 7.05 Å². The van der Waals surface area contributed by atoms with Gasteiger partial charge in [0.25, 0.3) is 5.69 Å². The molecule has 0 aliphatic carbocycles. The van der Waals surface area contributed by atoms with Crippen molar-refractivity contribution in [2.75, 3.05) is 0 Å². The molecule has 0 atom stereocenters. The molecule has 6 heteroatoms. The second-order valence-electron chi connectivity index (χ2n) is 3.53. The van der Waals surface area contributed by atoms with Gasteiger partial charge in [0.2, 0.25) is 0 Å². The van der Waals surface area contributed by atoms with Crippen molar-refractivity contribution >= 4 is 5.69 Å². The lowest BCUT2D eigenvalue weighted by Gasteiger charge is -2.01. The van der Waals surface area contributed by atoms with Crippen LogP contribution in [0.15, 0.2) is 24.4 Å². The predicted octanol–water partition coefficient (Wildman–Crippen LogP) is 1.70. The minimum atomic E-state index is -0.417. The van der Waals surface area contributed by atoms with Crippen LogP contribution in [0.5, 0.6) is 0 Å². The highest BCUT2D eigenvalue weighted by Crippen LogP contribution is 2.25. The molecule has 2 rings (SSSR count). The molecule has 0 bridgehead atoms. The Hall–Kier alpha value is -2.24. The summed E-state index contributed by atoms with van der Waals surface area (Å²) in [5.41, 5.74) is 2.38. The van der Waals surface area contributed by atoms with Gasteiger partial charge < -0.3 is 0 Å². The summed E-state index contributed by atoms with van der Waals surface area (Å²) < 4.78 is 1.56. The van der Waals surface area contributed by atoms with Crippen LogP contribution in [0.2, 0.25) is 0 Å². The molecule has 1 heterocycles. The number of nitro benzene ring substituents is 1. The van der Waals surface area contributed by atoms with Gasteiger partial charge in [0.15, 0.2) is 0 Å². The van der Waals surface area contributed by atoms with Gasteiger partial charge >= 0.3 is 0 Å². The first-order valence-electron chi connectivity index (χ1n) is 4.69. The summed E-state index contributed by atoms with van der Waals surface area (Å²) >= 11 is 0. The number of nitrogens with zero attached hydrogens (tertiary/aromatic N) is 4. The second-order valence-corrected chi connectivity index (χ2v) is 3.53. The first-order chi connectivity index (χ1) is 7.58. The van der Waals surface area contributed by atoms with Gasteiger partial charge in [-0.3, -0.25) is 14.8 Å². The van der Waals surface area contributed by atoms with Gasteiger partial charge in [-0.15, -0.1) is 5.10 Å². The highest BCUT2D eigenvalue weighted by molar-refractivity contribution is 5.65. The average Bonchev–Trinajstić information content (AvgIpc) is 2.65. The third-order valence-electron chi connectivity index (χ3n) is 2.31. The quantitative estimate of drug-likeness (QED) is 0.568. The molecule has 0 N–H and O–H groups in total. The van der Waals surface area contributed by atoms with E-state index in [-0.39, 0.29) is 5.69 Å². The van der Waals surface area contributed by atoms with Crippen molar-refractivity contribution in [1.29, 1.82) is 0 Å². The van der Waals surface area contributed by atoms with Gasteiger partial charge in [-0.25, -0.2) is 0 Å². The highest BCUT2D eigenvalue weighted by Gasteiger charge is 2.12. The number of nitro groups is 1. The van der Waals surface area contributed by atoms with Crippen LogP contribution in [0, 0.1) is 17.0 Å². The Morgan fingerprint density at radius 2 is 2.19 bits per heavy atom. The van der Waals surface area contributed by atoms with Gasteiger partial charge in [0, 0.05) is 24.7 Å². The summed E-state index contributed by atoms with van der Waals surface area (Å²) in [5.74, 6) is 0. The molecule has 1 aromatic carbocycles. The third kappa shape index (κ3) is 1.77. The monoisotopic (exact) mass is 218 g/mol. The number of non-ortho nitro benzene ring substituents is 1. The molecule has 1 aromatic heterocycles. The Bertz CT molecular complexity index is 548. The molecular formula is C10H10N4O2. The molecule has 0 spiro atoms. The van der Waals surface area contributed by atoms with Crippen molar-refractivity contribution in [3.05, 3.63) is 40.1 Å². The van der Waals surface area contributed by atoms with Crippen LogP contribution in [0.3, 0.4) is 0 Å². The van der Waals surface area contributed by atoms with Gasteiger partial charge in [-0.2, -0.15) is 0 Å². The van der Waals surface area contributed by atoms with E-state index in [0.29, 0.717) is 5.69 Å². The lowest BCUT2D eigenvalue weighted by molar-refractivity contribution is -0.384. The van der Waals surface area contributed by atoms with Gasteiger partial charge in [0.05, 0.1) is 11.1 Å². The average molecular weight is 218 g/mol. The first-order valence-corrected chi connectivity index (χ1v) is 4.69. The number of rotatable bonds is 2. The van der Waals surface area contributed by atoms with E-state index in [0.717, 1.165) is 11.1 Å². The van der Waals surface area contributed by atoms with Crippen LogP contribution in [0.4, 0.5) is 5.69 Å². The molecule has 0 unspecified atom stereocenters. The molecule has 0 saturated heterocycles. The molecule has 82 valence electrons. The van der Waals surface area contributed by atoms with Crippen molar-refractivity contribution in [1.82, 2.24) is 15.0 Å². The zero-order valence-electron chi connectivity index (χ0n) is 8.91. The normalized spacial score (nSPS) is 10.4. The third-order valence-corrected chi connectivity index (χ3v) is 2.31. The minimum Gasteiger partial charge on any atom is -0.258 e. The van der Waals surface area contributed by atoms with Crippen LogP contribution in [-0.4, -0.2) is 19.9 Å². The molecule has 0 saturated carbocycles. The van der Waals surface area contributed by atoms with E-state index in [2.05, 4.69) is 10.3 Å². The highest BCUT2D eigenvalue weighted by atomic mass is 16.6. The van der Waals surface area contributed by atoms with Gasteiger partial charge in [-0.1, -0.05) is 11.3 Å². The van der Waals surface area contributed by atoms with E-state index in [1.165, 1.54) is 12.1 Å². The molecular weight excluding hydrogens is 208 g/mol. The van der Waals surface area contributed by atoms with Crippen LogP contribution >= 0.6 is 0 Å². The smallest absolute Gasteiger partial charge is 0.258 e. The van der Waals surface area contributed by atoms with E-state index in [1.807, 2.05) is 6.92 Å². The SMILES string of the molecule is Cc1ccc([N+](=O)[O-])cc1-c1cn(C)nn1. The fourth-order valence-electron chi connectivity index (χ4n) is 1.47. The van der Waals surface area contributed by atoms with Crippen LogP contribution in [0.25, 0.3) is 11.3 Å². The zero-order valence-corrected chi connectivity index (χ0v) is 8.91. The molecule has 6 nitrogen and oxygen atoms in total. The zero-order chi connectivity index (χ0) is 11.7. The number of benzene rings is 1. The van der Waals surface area contributed by atoms with E-state index in [9.17, 15) is 10.1 Å². The van der Waals surface area contributed by atoms with Crippen molar-refractivity contribution in [2.45, 2.75) is 6.92 Å². The fraction of sp³-hybridized carbons (Fsp3) is 0.200. The van der Waals surface area contributed by atoms with Crippen LogP contribution < -0.4 is 0 Å². The Balaban J connectivity index is 2.55. The Morgan fingerprint density at radius 1 is 1.44 bits per heavy atom. The minimum absolute atomic E-state index is 0.0613. The van der Waals surface area contributed by atoms with Crippen molar-refractivity contribution in [3.8, 4) is 11.3 Å². The first kappa shape index (κ1) is 10.3. The number of hydrogen-bond acceptors (Lipinski definition) is 4. The summed E-state index contributed by atoms with van der Waals surface area (Å²) in [6.07, 6.45) is 1.73. The van der Waals surface area contributed by atoms with E-state index < -0.39 is 4.92 Å². The largest absolute Gasteiger partial charge is 0.270 e. The fourth-order valence-corrected chi connectivity index (χ4v) is 1.47. The van der Waals surface area contributed by atoms with E-state index in [1.54, 1.807) is 24.0 Å². The van der Waals surface area contributed by atoms with E-state index >= 15 is 0 Å². The molecule has 0 aliphatic heterocycles. The molecule has 0 amide bonds. The maximum absolute atomic E-state index is 10.7. The summed E-state index contributed by atoms with van der Waals surface area (Å²) in [6.45, 7) is 1.88. The van der Waals surface area contributed by atoms with Crippen LogP contribution in [-0.2, 0) is 7.05 Å². The molecule has 0 fully saturated rings. The number of aromatic nitrogens is 3. The predicted molar refractivity (Wildman–Crippen MR) is 57.8 cm³/mol. The maximum atomic E-state index is 10.7. The molecule has 16 heavy (non-hydrogen) atoms. The second kappa shape index (κ2) is 3.73. The van der Waals surface area contributed by atoms with Crippen molar-refractivity contribution in [3.63, 3.8) is 0 Å². The number of hydrogen-bond donors (Lipinski definition) is 0. The molecule has 0 aliphatic rings. The Morgan fingerprint density at radius 3 is 2.75 bits per heavy atom. The maximum Gasteiger partial charge on any atom is 0.270 e. The van der Waals surface area contributed by atoms with E-state index in [4.69, 9.17) is 0 Å². The Labute approximate surface area is 91.7 Å². The molecule has 2 aromatic rings. The summed E-state index contributed by atoms with van der Waals surface area (Å²) in [7, 11) is 1.75. The lowest BCUT2D eigenvalue weighted by Crippen LogP contribution is -1.90. The molecule has 0 radical (unpaired) electrons. The van der Waals surface area contributed by atoms with Crippen LogP contribution in [0.1, 0.15) is 5.56 Å². The Kier molecular flexibility index (Phi) is 2.40. The van der Waals surface area contributed by atoms with Crippen molar-refractivity contribution < 1.29 is 4.92 Å². The number of aryl methyl sites for hydroxylation is 2. The van der Waals surface area contributed by atoms with Gasteiger partial charge in [-0.05, 0) is 12.5 Å². The summed E-state index contributed by atoms with van der Waals surface area (Å²) in [6, 6.07) is 4.71. The summed E-state index contributed by atoms with van der Waals surface area (Å²) in [5, 5.41) is 18.4.